The van der Waals surface area contributed by atoms with E-state index in [4.69, 9.17) is 34.7 Å². The van der Waals surface area contributed by atoms with Crippen LogP contribution in [-0.4, -0.2) is 48.9 Å². The molecule has 1 rings (SSSR count). The van der Waals surface area contributed by atoms with Gasteiger partial charge < -0.3 is 10.8 Å². The quantitative estimate of drug-likeness (QED) is 0.716. The zero-order valence-electron chi connectivity index (χ0n) is 10.7. The first-order valence-electron chi connectivity index (χ1n) is 5.68. The number of nitrogens with two attached hydrogens (primary N) is 1. The Hall–Kier alpha value is -0.870. The molecule has 0 fully saturated rings. The summed E-state index contributed by atoms with van der Waals surface area (Å²) in [7, 11) is -4.30. The maximum absolute atomic E-state index is 12.5. The summed E-state index contributed by atoms with van der Waals surface area (Å²) in [6.45, 7) is -2.12. The van der Waals surface area contributed by atoms with E-state index in [1.54, 1.807) is 0 Å². The van der Waals surface area contributed by atoms with Crippen molar-refractivity contribution in [2.24, 2.45) is 5.73 Å². The molecular formula is C11H13ClF2N2O3S2. The molecule has 118 valence electrons. The first kappa shape index (κ1) is 18.2. The van der Waals surface area contributed by atoms with Gasteiger partial charge in [0.2, 0.25) is 10.0 Å². The fourth-order valence-electron chi connectivity index (χ4n) is 1.57. The lowest BCUT2D eigenvalue weighted by Gasteiger charge is -2.21. The van der Waals surface area contributed by atoms with Gasteiger partial charge in [0.05, 0.1) is 18.2 Å². The maximum Gasteiger partial charge on any atom is 0.252 e. The van der Waals surface area contributed by atoms with Crippen molar-refractivity contribution < 1.29 is 22.3 Å². The summed E-state index contributed by atoms with van der Waals surface area (Å²) in [4.78, 5) is -0.436. The molecule has 0 saturated carbocycles. The number of hydrogen-bond acceptors (Lipinski definition) is 4. The summed E-state index contributed by atoms with van der Waals surface area (Å²) in [5.41, 5.74) is 5.66. The largest absolute Gasteiger partial charge is 0.395 e. The van der Waals surface area contributed by atoms with Crippen LogP contribution < -0.4 is 5.73 Å². The third-order valence-electron chi connectivity index (χ3n) is 2.52. The number of benzene rings is 1. The predicted octanol–water partition coefficient (Wildman–Crippen LogP) is 1.22. The number of aliphatic hydroxyl groups is 1. The summed E-state index contributed by atoms with van der Waals surface area (Å²) in [5, 5.41) is 8.70. The van der Waals surface area contributed by atoms with Crippen molar-refractivity contribution >= 4 is 38.8 Å². The van der Waals surface area contributed by atoms with Crippen LogP contribution in [0.3, 0.4) is 0 Å². The van der Waals surface area contributed by atoms with Gasteiger partial charge in [-0.25, -0.2) is 17.2 Å². The monoisotopic (exact) mass is 358 g/mol. The first-order chi connectivity index (χ1) is 9.70. The van der Waals surface area contributed by atoms with Crippen molar-refractivity contribution in [1.29, 1.82) is 0 Å². The predicted molar refractivity (Wildman–Crippen MR) is 79.2 cm³/mol. The molecule has 0 heterocycles. The third-order valence-corrected chi connectivity index (χ3v) is 5.11. The van der Waals surface area contributed by atoms with Crippen LogP contribution in [0.4, 0.5) is 8.78 Å². The lowest BCUT2D eigenvalue weighted by atomic mass is 10.2. The molecule has 0 aliphatic carbocycles. The molecule has 0 amide bonds. The molecule has 0 spiro atoms. The number of hydrogen-bond donors (Lipinski definition) is 2. The molecule has 0 atom stereocenters. The zero-order valence-corrected chi connectivity index (χ0v) is 13.1. The summed E-state index contributed by atoms with van der Waals surface area (Å²) < 4.78 is 50.2. The number of rotatable bonds is 7. The Morgan fingerprint density at radius 2 is 2.10 bits per heavy atom. The molecule has 0 unspecified atom stereocenters. The van der Waals surface area contributed by atoms with Gasteiger partial charge in [0.25, 0.3) is 6.43 Å². The molecule has 0 bridgehead atoms. The highest BCUT2D eigenvalue weighted by atomic mass is 35.5. The van der Waals surface area contributed by atoms with E-state index in [0.717, 1.165) is 6.07 Å². The van der Waals surface area contributed by atoms with Gasteiger partial charge in [-0.15, -0.1) is 0 Å². The Bertz CT molecular complexity index is 626. The van der Waals surface area contributed by atoms with E-state index in [2.05, 4.69) is 0 Å². The van der Waals surface area contributed by atoms with Gasteiger partial charge in [-0.1, -0.05) is 29.9 Å². The van der Waals surface area contributed by atoms with E-state index < -0.39 is 36.1 Å². The average Bonchev–Trinajstić information content (AvgIpc) is 2.37. The van der Waals surface area contributed by atoms with Crippen molar-refractivity contribution in [3.8, 4) is 0 Å². The fourth-order valence-corrected chi connectivity index (χ4v) is 3.60. The highest BCUT2D eigenvalue weighted by Crippen LogP contribution is 2.26. The minimum Gasteiger partial charge on any atom is -0.395 e. The molecule has 0 radical (unpaired) electrons. The van der Waals surface area contributed by atoms with Gasteiger partial charge >= 0.3 is 0 Å². The van der Waals surface area contributed by atoms with Crippen LogP contribution in [0.1, 0.15) is 5.56 Å². The van der Waals surface area contributed by atoms with Crippen LogP contribution in [0.5, 0.6) is 0 Å². The van der Waals surface area contributed by atoms with Crippen LogP contribution in [0, 0.1) is 0 Å². The van der Waals surface area contributed by atoms with E-state index in [9.17, 15) is 17.2 Å². The van der Waals surface area contributed by atoms with Crippen LogP contribution in [-0.2, 0) is 10.0 Å². The number of sulfonamides is 1. The number of halogens is 3. The SMILES string of the molecule is NC(=S)c1ccc(Cl)c(S(=O)(=O)N(CCO)CC(F)F)c1. The van der Waals surface area contributed by atoms with Crippen molar-refractivity contribution in [3.63, 3.8) is 0 Å². The van der Waals surface area contributed by atoms with Gasteiger partial charge in [0.15, 0.2) is 0 Å². The van der Waals surface area contributed by atoms with Crippen molar-refractivity contribution in [1.82, 2.24) is 4.31 Å². The van der Waals surface area contributed by atoms with Crippen LogP contribution >= 0.6 is 23.8 Å². The van der Waals surface area contributed by atoms with Crippen molar-refractivity contribution in [3.05, 3.63) is 28.8 Å². The minimum absolute atomic E-state index is 0.0503. The highest BCUT2D eigenvalue weighted by Gasteiger charge is 2.29. The Morgan fingerprint density at radius 3 is 2.57 bits per heavy atom. The van der Waals surface area contributed by atoms with E-state index >= 15 is 0 Å². The second kappa shape index (κ2) is 7.41. The summed E-state index contributed by atoms with van der Waals surface area (Å²) >= 11 is 10.6. The third kappa shape index (κ3) is 4.55. The fraction of sp³-hybridized carbons (Fsp3) is 0.364. The Morgan fingerprint density at radius 1 is 1.48 bits per heavy atom. The van der Waals surface area contributed by atoms with Crippen molar-refractivity contribution in [2.45, 2.75) is 11.3 Å². The van der Waals surface area contributed by atoms with Gasteiger partial charge in [-0.3, -0.25) is 0 Å². The van der Waals surface area contributed by atoms with Gasteiger partial charge in [-0.2, -0.15) is 4.31 Å². The second-order valence-corrected chi connectivity index (χ2v) is 6.74. The van der Waals surface area contributed by atoms with Gasteiger partial charge in [0.1, 0.15) is 9.88 Å². The molecule has 21 heavy (non-hydrogen) atoms. The summed E-state index contributed by atoms with van der Waals surface area (Å²) in [5.74, 6) is 0. The summed E-state index contributed by atoms with van der Waals surface area (Å²) in [6, 6.07) is 3.81. The molecule has 0 saturated heterocycles. The number of aliphatic hydroxyl groups excluding tert-OH is 1. The van der Waals surface area contributed by atoms with Crippen molar-refractivity contribution in [2.75, 3.05) is 19.7 Å². The average molecular weight is 359 g/mol. The number of alkyl halides is 2. The number of nitrogens with zero attached hydrogens (tertiary/aromatic N) is 1. The van der Waals surface area contributed by atoms with E-state index in [-0.39, 0.29) is 20.5 Å². The van der Waals surface area contributed by atoms with Gasteiger partial charge in [-0.05, 0) is 12.1 Å². The number of thiocarbonyl (C=S) groups is 1. The highest BCUT2D eigenvalue weighted by molar-refractivity contribution is 7.89. The van der Waals surface area contributed by atoms with Crippen LogP contribution in [0.25, 0.3) is 0 Å². The first-order valence-corrected chi connectivity index (χ1v) is 7.91. The lowest BCUT2D eigenvalue weighted by molar-refractivity contribution is 0.113. The minimum atomic E-state index is -4.30. The van der Waals surface area contributed by atoms with E-state index in [1.165, 1.54) is 12.1 Å². The molecule has 0 aliphatic rings. The normalized spacial score (nSPS) is 12.1. The standard InChI is InChI=1S/C11H13ClF2N2O3S2/c12-8-2-1-7(11(15)20)5-9(8)21(18,19)16(3-4-17)6-10(13)14/h1-2,5,10,17H,3-4,6H2,(H2,15,20). The molecular weight excluding hydrogens is 346 g/mol. The maximum atomic E-state index is 12.5. The van der Waals surface area contributed by atoms with E-state index in [0.29, 0.717) is 4.31 Å². The Balaban J connectivity index is 3.33. The van der Waals surface area contributed by atoms with Crippen LogP contribution in [0.2, 0.25) is 5.02 Å². The molecule has 0 aromatic heterocycles. The van der Waals surface area contributed by atoms with Crippen LogP contribution in [0.15, 0.2) is 23.1 Å². The Labute approximate surface area is 131 Å². The zero-order chi connectivity index (χ0) is 16.2. The molecule has 0 aliphatic heterocycles. The Kier molecular flexibility index (Phi) is 6.41. The summed E-state index contributed by atoms with van der Waals surface area (Å²) in [6.07, 6.45) is -2.89. The van der Waals surface area contributed by atoms with Gasteiger partial charge in [0, 0.05) is 12.1 Å². The molecule has 1 aromatic carbocycles. The molecule has 5 nitrogen and oxygen atoms in total. The molecule has 10 heteroatoms. The molecule has 1 aromatic rings. The smallest absolute Gasteiger partial charge is 0.252 e. The lowest BCUT2D eigenvalue weighted by Crippen LogP contribution is -2.37. The second-order valence-electron chi connectivity index (χ2n) is 3.99. The van der Waals surface area contributed by atoms with E-state index in [1.807, 2.05) is 0 Å². The molecule has 3 N–H and O–H groups in total. The topological polar surface area (TPSA) is 83.6 Å².